The minimum absolute atomic E-state index is 0.0843. The molecule has 1 atom stereocenters. The van der Waals surface area contributed by atoms with Gasteiger partial charge in [-0.2, -0.15) is 0 Å². The van der Waals surface area contributed by atoms with E-state index in [0.717, 1.165) is 37.2 Å². The van der Waals surface area contributed by atoms with Crippen LogP contribution in [0.2, 0.25) is 0 Å². The number of nitrogens with zero attached hydrogens (tertiary/aromatic N) is 1. The van der Waals surface area contributed by atoms with Crippen molar-refractivity contribution in [3.63, 3.8) is 0 Å². The fourth-order valence-corrected chi connectivity index (χ4v) is 3.55. The summed E-state index contributed by atoms with van der Waals surface area (Å²) < 4.78 is 5.43. The number of carbonyl (C=O) groups is 1. The maximum atomic E-state index is 12.9. The third kappa shape index (κ3) is 3.92. The van der Waals surface area contributed by atoms with Crippen LogP contribution in [0.15, 0.2) is 41.8 Å². The Labute approximate surface area is 141 Å². The summed E-state index contributed by atoms with van der Waals surface area (Å²) in [5.41, 5.74) is 1.63. The Bertz CT molecular complexity index is 642. The number of carbonyl (C=O) groups excluding carboxylic acids is 1. The number of thiophene rings is 1. The van der Waals surface area contributed by atoms with E-state index in [0.29, 0.717) is 6.54 Å². The van der Waals surface area contributed by atoms with Crippen molar-refractivity contribution in [2.75, 3.05) is 25.5 Å². The van der Waals surface area contributed by atoms with Gasteiger partial charge < -0.3 is 15.0 Å². The molecule has 0 radical (unpaired) electrons. The average Bonchev–Trinajstić information content (AvgIpc) is 3.13. The highest BCUT2D eigenvalue weighted by molar-refractivity contribution is 7.09. The van der Waals surface area contributed by atoms with Crippen molar-refractivity contribution in [2.24, 2.45) is 0 Å². The van der Waals surface area contributed by atoms with Gasteiger partial charge in [0.15, 0.2) is 0 Å². The maximum Gasteiger partial charge on any atom is 0.256 e. The molecule has 0 saturated carbocycles. The Morgan fingerprint density at radius 3 is 3.00 bits per heavy atom. The van der Waals surface area contributed by atoms with Crippen molar-refractivity contribution in [3.8, 4) is 0 Å². The number of benzene rings is 1. The van der Waals surface area contributed by atoms with Gasteiger partial charge in [0.25, 0.3) is 5.91 Å². The molecule has 2 aromatic rings. The molecule has 2 heterocycles. The highest BCUT2D eigenvalue weighted by Crippen LogP contribution is 2.22. The monoisotopic (exact) mass is 330 g/mol. The van der Waals surface area contributed by atoms with Gasteiger partial charge in [-0.1, -0.05) is 18.2 Å². The second-order valence-electron chi connectivity index (χ2n) is 5.73. The van der Waals surface area contributed by atoms with Crippen molar-refractivity contribution in [1.29, 1.82) is 0 Å². The van der Waals surface area contributed by atoms with E-state index in [2.05, 4.69) is 16.8 Å². The quantitative estimate of drug-likeness (QED) is 0.910. The van der Waals surface area contributed by atoms with E-state index in [1.807, 2.05) is 35.2 Å². The molecule has 5 heteroatoms. The summed E-state index contributed by atoms with van der Waals surface area (Å²) in [5, 5.41) is 5.45. The van der Waals surface area contributed by atoms with Gasteiger partial charge in [0, 0.05) is 37.3 Å². The number of para-hydroxylation sites is 1. The summed E-state index contributed by atoms with van der Waals surface area (Å²) in [6, 6.07) is 11.9. The first-order chi connectivity index (χ1) is 11.3. The molecule has 1 N–H and O–H groups in total. The summed E-state index contributed by atoms with van der Waals surface area (Å²) in [5.74, 6) is 0.0843. The highest BCUT2D eigenvalue weighted by atomic mass is 32.1. The molecule has 1 amide bonds. The molecule has 1 unspecified atom stereocenters. The Kier molecular flexibility index (Phi) is 5.31. The van der Waals surface area contributed by atoms with Crippen molar-refractivity contribution in [2.45, 2.75) is 25.5 Å². The van der Waals surface area contributed by atoms with Gasteiger partial charge in [-0.3, -0.25) is 4.79 Å². The molecule has 0 spiro atoms. The molecule has 122 valence electrons. The largest absolute Gasteiger partial charge is 0.380 e. The molecule has 1 fully saturated rings. The van der Waals surface area contributed by atoms with Crippen molar-refractivity contribution >= 4 is 22.9 Å². The SMILES string of the molecule is COC1CCCN(C(=O)c2ccccc2NCc2cccs2)C1. The van der Waals surface area contributed by atoms with Crippen LogP contribution >= 0.6 is 11.3 Å². The highest BCUT2D eigenvalue weighted by Gasteiger charge is 2.25. The molecule has 1 aromatic heterocycles. The lowest BCUT2D eigenvalue weighted by molar-refractivity contribution is 0.0269. The van der Waals surface area contributed by atoms with E-state index < -0.39 is 0 Å². The number of hydrogen-bond acceptors (Lipinski definition) is 4. The standard InChI is InChI=1S/C18H22N2O2S/c1-22-14-6-4-10-20(13-14)18(21)16-8-2-3-9-17(16)19-12-15-7-5-11-23-15/h2-3,5,7-9,11,14,19H,4,6,10,12-13H2,1H3. The second-order valence-corrected chi connectivity index (χ2v) is 6.76. The molecule has 1 saturated heterocycles. The molecule has 1 aliphatic heterocycles. The smallest absolute Gasteiger partial charge is 0.256 e. The van der Waals surface area contributed by atoms with Crippen LogP contribution in [0.1, 0.15) is 28.1 Å². The van der Waals surface area contributed by atoms with Crippen LogP contribution in [0.3, 0.4) is 0 Å². The lowest BCUT2D eigenvalue weighted by Crippen LogP contribution is -2.43. The van der Waals surface area contributed by atoms with Crippen molar-refractivity contribution in [1.82, 2.24) is 4.90 Å². The second kappa shape index (κ2) is 7.62. The molecule has 0 aliphatic carbocycles. The number of ether oxygens (including phenoxy) is 1. The molecule has 3 rings (SSSR count). The van der Waals surface area contributed by atoms with Gasteiger partial charge in [0.05, 0.1) is 11.7 Å². The fourth-order valence-electron chi connectivity index (χ4n) is 2.90. The Hall–Kier alpha value is -1.85. The van der Waals surface area contributed by atoms with Crippen LogP contribution in [0.25, 0.3) is 0 Å². The molecule has 4 nitrogen and oxygen atoms in total. The van der Waals surface area contributed by atoms with E-state index in [-0.39, 0.29) is 12.0 Å². The maximum absolute atomic E-state index is 12.9. The number of piperidine rings is 1. The number of methoxy groups -OCH3 is 1. The first-order valence-corrected chi connectivity index (χ1v) is 8.83. The third-order valence-electron chi connectivity index (χ3n) is 4.19. The van der Waals surface area contributed by atoms with Crippen LogP contribution in [0.4, 0.5) is 5.69 Å². The Morgan fingerprint density at radius 1 is 1.35 bits per heavy atom. The molecular formula is C18H22N2O2S. The lowest BCUT2D eigenvalue weighted by atomic mass is 10.1. The normalized spacial score (nSPS) is 18.0. The number of rotatable bonds is 5. The summed E-state index contributed by atoms with van der Waals surface area (Å²) in [6.45, 7) is 2.22. The zero-order valence-corrected chi connectivity index (χ0v) is 14.1. The topological polar surface area (TPSA) is 41.6 Å². The fraction of sp³-hybridized carbons (Fsp3) is 0.389. The number of likely N-dealkylation sites (tertiary alicyclic amines) is 1. The van der Waals surface area contributed by atoms with Gasteiger partial charge >= 0.3 is 0 Å². The van der Waals surface area contributed by atoms with E-state index in [1.54, 1.807) is 18.4 Å². The summed E-state index contributed by atoms with van der Waals surface area (Å²) in [4.78, 5) is 16.0. The molecule has 0 bridgehead atoms. The Balaban J connectivity index is 1.72. The zero-order chi connectivity index (χ0) is 16.1. The van der Waals surface area contributed by atoms with Gasteiger partial charge in [0.2, 0.25) is 0 Å². The van der Waals surface area contributed by atoms with Crippen molar-refractivity contribution < 1.29 is 9.53 Å². The van der Waals surface area contributed by atoms with Gasteiger partial charge in [0.1, 0.15) is 0 Å². The molecule has 1 aromatic carbocycles. The summed E-state index contributed by atoms with van der Waals surface area (Å²) >= 11 is 1.71. The third-order valence-corrected chi connectivity index (χ3v) is 5.07. The van der Waals surface area contributed by atoms with Crippen molar-refractivity contribution in [3.05, 3.63) is 52.2 Å². The molecular weight excluding hydrogens is 308 g/mol. The van der Waals surface area contributed by atoms with Crippen LogP contribution in [-0.2, 0) is 11.3 Å². The predicted octanol–water partition coefficient (Wildman–Crippen LogP) is 3.61. The average molecular weight is 330 g/mol. The first kappa shape index (κ1) is 16.0. The first-order valence-electron chi connectivity index (χ1n) is 7.95. The molecule has 1 aliphatic rings. The lowest BCUT2D eigenvalue weighted by Gasteiger charge is -2.32. The zero-order valence-electron chi connectivity index (χ0n) is 13.3. The van der Waals surface area contributed by atoms with Crippen LogP contribution in [0.5, 0.6) is 0 Å². The van der Waals surface area contributed by atoms with Crippen LogP contribution < -0.4 is 5.32 Å². The van der Waals surface area contributed by atoms with Gasteiger partial charge in [-0.05, 0) is 36.4 Å². The minimum atomic E-state index is 0.0843. The summed E-state index contributed by atoms with van der Waals surface area (Å²) in [6.07, 6.45) is 2.17. The summed E-state index contributed by atoms with van der Waals surface area (Å²) in [7, 11) is 1.72. The van der Waals surface area contributed by atoms with Gasteiger partial charge in [-0.25, -0.2) is 0 Å². The minimum Gasteiger partial charge on any atom is -0.380 e. The number of amides is 1. The predicted molar refractivity (Wildman–Crippen MR) is 94.0 cm³/mol. The van der Waals surface area contributed by atoms with E-state index in [9.17, 15) is 4.79 Å². The van der Waals surface area contributed by atoms with Crippen LogP contribution in [0, 0.1) is 0 Å². The van der Waals surface area contributed by atoms with E-state index in [4.69, 9.17) is 4.74 Å². The number of anilines is 1. The van der Waals surface area contributed by atoms with Gasteiger partial charge in [-0.15, -0.1) is 11.3 Å². The van der Waals surface area contributed by atoms with E-state index in [1.165, 1.54) is 4.88 Å². The van der Waals surface area contributed by atoms with E-state index >= 15 is 0 Å². The van der Waals surface area contributed by atoms with Crippen LogP contribution in [-0.4, -0.2) is 37.1 Å². The number of hydrogen-bond donors (Lipinski definition) is 1. The Morgan fingerprint density at radius 2 is 2.22 bits per heavy atom. The molecule has 23 heavy (non-hydrogen) atoms. The number of nitrogens with one attached hydrogen (secondary N) is 1.